The molecule has 40 heavy (non-hydrogen) atoms. The van der Waals surface area contributed by atoms with Gasteiger partial charge in [0.25, 0.3) is 5.91 Å². The number of hydrogen-bond donors (Lipinski definition) is 2. The van der Waals surface area contributed by atoms with Crippen LogP contribution < -0.4 is 5.32 Å². The molecule has 4 rings (SSSR count). The van der Waals surface area contributed by atoms with Gasteiger partial charge in [-0.25, -0.2) is 12.7 Å². The minimum Gasteiger partial charge on any atom is -0.396 e. The summed E-state index contributed by atoms with van der Waals surface area (Å²) in [7, 11) is -3.99. The lowest BCUT2D eigenvalue weighted by molar-refractivity contribution is -0.138. The second-order valence-corrected chi connectivity index (χ2v) is 11.9. The van der Waals surface area contributed by atoms with Gasteiger partial charge in [-0.2, -0.15) is 26.3 Å². The van der Waals surface area contributed by atoms with E-state index < -0.39 is 50.7 Å². The van der Waals surface area contributed by atoms with Crippen LogP contribution in [0.1, 0.15) is 47.1 Å². The van der Waals surface area contributed by atoms with Gasteiger partial charge in [-0.3, -0.25) is 9.79 Å². The third-order valence-electron chi connectivity index (χ3n) is 7.12. The number of carbonyl (C=O) groups is 1. The Kier molecular flexibility index (Phi) is 8.35. The zero-order valence-electron chi connectivity index (χ0n) is 21.1. The van der Waals surface area contributed by atoms with E-state index in [1.165, 1.54) is 24.3 Å². The van der Waals surface area contributed by atoms with Crippen LogP contribution in [0.2, 0.25) is 0 Å². The number of piperidine rings is 1. The van der Waals surface area contributed by atoms with Gasteiger partial charge in [0.1, 0.15) is 11.4 Å². The fourth-order valence-electron chi connectivity index (χ4n) is 4.88. The first-order chi connectivity index (χ1) is 18.6. The molecule has 1 fully saturated rings. The number of halogens is 6. The van der Waals surface area contributed by atoms with Crippen molar-refractivity contribution in [3.8, 4) is 0 Å². The van der Waals surface area contributed by atoms with E-state index in [1.807, 2.05) is 0 Å². The van der Waals surface area contributed by atoms with E-state index in [1.54, 1.807) is 0 Å². The highest BCUT2D eigenvalue weighted by atomic mass is 32.2. The molecule has 0 aliphatic carbocycles. The molecule has 0 radical (unpaired) electrons. The van der Waals surface area contributed by atoms with Crippen molar-refractivity contribution in [2.45, 2.75) is 50.0 Å². The molecule has 14 heteroatoms. The Morgan fingerprint density at radius 3 is 2.30 bits per heavy atom. The van der Waals surface area contributed by atoms with Crippen molar-refractivity contribution < 1.29 is 44.7 Å². The molecule has 2 aliphatic rings. The lowest BCUT2D eigenvalue weighted by Gasteiger charge is -2.34. The number of aryl methyl sites for hydroxylation is 2. The smallest absolute Gasteiger partial charge is 0.396 e. The minimum absolute atomic E-state index is 0.0328. The van der Waals surface area contributed by atoms with E-state index in [-0.39, 0.29) is 62.3 Å². The van der Waals surface area contributed by atoms with Gasteiger partial charge in [0.2, 0.25) is 10.0 Å². The predicted octanol–water partition coefficient (Wildman–Crippen LogP) is 3.93. The quantitative estimate of drug-likeness (QED) is 0.455. The average Bonchev–Trinajstić information content (AvgIpc) is 3.21. The van der Waals surface area contributed by atoms with Gasteiger partial charge in [0.05, 0.1) is 16.9 Å². The third kappa shape index (κ3) is 6.50. The molecule has 2 heterocycles. The van der Waals surface area contributed by atoms with Gasteiger partial charge in [-0.1, -0.05) is 24.3 Å². The van der Waals surface area contributed by atoms with Crippen molar-refractivity contribution in [2.24, 2.45) is 4.99 Å². The molecule has 2 aromatic carbocycles. The molecule has 1 amide bonds. The maximum atomic E-state index is 13.7. The number of benzene rings is 2. The molecule has 7 nitrogen and oxygen atoms in total. The standard InChI is InChI=1S/C26H27F6N3O4S/c27-25(28,29)20-5-1-4-19(16-20)22-33-23(37)24(34-22)9-11-35(12-10-24)40(38,39)14-8-18-7-6-17(3-2-13-36)15-21(18)26(30,31)32/h1,4-7,15-16,36H,2-3,8-14H2,(H,33,34,37). The van der Waals surface area contributed by atoms with Gasteiger partial charge >= 0.3 is 12.4 Å². The second kappa shape index (κ2) is 11.1. The number of sulfonamides is 1. The number of nitrogens with one attached hydrogen (secondary N) is 1. The van der Waals surface area contributed by atoms with Gasteiger partial charge in [-0.15, -0.1) is 0 Å². The first-order valence-corrected chi connectivity index (χ1v) is 14.1. The molecule has 0 unspecified atom stereocenters. The molecule has 0 saturated carbocycles. The first-order valence-electron chi connectivity index (χ1n) is 12.5. The highest BCUT2D eigenvalue weighted by molar-refractivity contribution is 7.89. The number of rotatable bonds is 8. The van der Waals surface area contributed by atoms with Crippen molar-refractivity contribution in [2.75, 3.05) is 25.4 Å². The first kappa shape index (κ1) is 30.0. The number of amides is 1. The van der Waals surface area contributed by atoms with Crippen LogP contribution in [0, 0.1) is 0 Å². The van der Waals surface area contributed by atoms with Crippen LogP contribution in [0.3, 0.4) is 0 Å². The van der Waals surface area contributed by atoms with Crippen molar-refractivity contribution in [3.05, 3.63) is 70.3 Å². The van der Waals surface area contributed by atoms with Gasteiger partial charge in [0, 0.05) is 25.3 Å². The van der Waals surface area contributed by atoms with Crippen molar-refractivity contribution in [1.29, 1.82) is 0 Å². The summed E-state index contributed by atoms with van der Waals surface area (Å²) in [4.78, 5) is 17.1. The summed E-state index contributed by atoms with van der Waals surface area (Å²) in [5.41, 5.74) is -2.88. The van der Waals surface area contributed by atoms with Crippen LogP contribution in [0.5, 0.6) is 0 Å². The minimum atomic E-state index is -4.68. The van der Waals surface area contributed by atoms with E-state index >= 15 is 0 Å². The molecular formula is C26H27F6N3O4S. The van der Waals surface area contributed by atoms with E-state index in [2.05, 4.69) is 10.3 Å². The van der Waals surface area contributed by atoms with E-state index in [4.69, 9.17) is 5.11 Å². The Bertz CT molecular complexity index is 1400. The summed E-state index contributed by atoms with van der Waals surface area (Å²) in [5, 5.41) is 11.4. The number of amidine groups is 1. The molecule has 0 bridgehead atoms. The number of hydrogen-bond acceptors (Lipinski definition) is 5. The van der Waals surface area contributed by atoms with Crippen LogP contribution in [-0.2, 0) is 40.0 Å². The molecule has 2 aromatic rings. The van der Waals surface area contributed by atoms with E-state index in [0.29, 0.717) is 12.0 Å². The lowest BCUT2D eigenvalue weighted by Crippen LogP contribution is -2.50. The zero-order chi connectivity index (χ0) is 29.3. The topological polar surface area (TPSA) is 99.1 Å². The Morgan fingerprint density at radius 1 is 0.975 bits per heavy atom. The Labute approximate surface area is 227 Å². The molecule has 1 spiro atoms. The van der Waals surface area contributed by atoms with Crippen LogP contribution in [0.4, 0.5) is 26.3 Å². The molecule has 218 valence electrons. The maximum absolute atomic E-state index is 13.7. The van der Waals surface area contributed by atoms with E-state index in [0.717, 1.165) is 22.5 Å². The fourth-order valence-corrected chi connectivity index (χ4v) is 6.36. The number of aliphatic hydroxyl groups excluding tert-OH is 1. The Morgan fingerprint density at radius 2 is 1.68 bits per heavy atom. The fraction of sp³-hybridized carbons (Fsp3) is 0.462. The summed E-state index contributed by atoms with van der Waals surface area (Å²) in [6, 6.07) is 8.04. The normalized spacial score (nSPS) is 18.2. The van der Waals surface area contributed by atoms with Gasteiger partial charge in [-0.05, 0) is 61.4 Å². The zero-order valence-corrected chi connectivity index (χ0v) is 22.0. The second-order valence-electron chi connectivity index (χ2n) is 9.81. The summed E-state index contributed by atoms with van der Waals surface area (Å²) in [6.07, 6.45) is -9.17. The monoisotopic (exact) mass is 591 g/mol. The van der Waals surface area contributed by atoms with Crippen molar-refractivity contribution in [1.82, 2.24) is 9.62 Å². The van der Waals surface area contributed by atoms with Crippen LogP contribution in [0.25, 0.3) is 0 Å². The number of nitrogens with zero attached hydrogens (tertiary/aromatic N) is 2. The van der Waals surface area contributed by atoms with E-state index in [9.17, 15) is 39.6 Å². The molecule has 2 aliphatic heterocycles. The van der Waals surface area contributed by atoms with Crippen LogP contribution in [-0.4, -0.2) is 60.6 Å². The number of aliphatic imine (C=N–C) groups is 1. The summed E-state index contributed by atoms with van der Waals surface area (Å²) in [5.74, 6) is -1.16. The average molecular weight is 592 g/mol. The molecular weight excluding hydrogens is 564 g/mol. The Balaban J connectivity index is 1.44. The summed E-state index contributed by atoms with van der Waals surface area (Å²) < 4.78 is 107. The van der Waals surface area contributed by atoms with Crippen molar-refractivity contribution in [3.63, 3.8) is 0 Å². The predicted molar refractivity (Wildman–Crippen MR) is 134 cm³/mol. The maximum Gasteiger partial charge on any atom is 0.416 e. The summed E-state index contributed by atoms with van der Waals surface area (Å²) >= 11 is 0. The number of aliphatic hydroxyl groups is 1. The summed E-state index contributed by atoms with van der Waals surface area (Å²) in [6.45, 7) is -0.416. The van der Waals surface area contributed by atoms with Crippen LogP contribution in [0.15, 0.2) is 47.5 Å². The van der Waals surface area contributed by atoms with Gasteiger partial charge in [0.15, 0.2) is 0 Å². The number of alkyl halides is 6. The molecule has 1 saturated heterocycles. The SMILES string of the molecule is O=C1NC(c2cccc(C(F)(F)F)c2)=NC12CCN(S(=O)(=O)CCc1ccc(CCCO)cc1C(F)(F)F)CC2. The van der Waals surface area contributed by atoms with Crippen LogP contribution >= 0.6 is 0 Å². The molecule has 0 aromatic heterocycles. The highest BCUT2D eigenvalue weighted by Gasteiger charge is 2.47. The third-order valence-corrected chi connectivity index (χ3v) is 8.99. The lowest BCUT2D eigenvalue weighted by atomic mass is 9.89. The van der Waals surface area contributed by atoms with Gasteiger partial charge < -0.3 is 10.4 Å². The number of carbonyl (C=O) groups excluding carboxylic acids is 1. The largest absolute Gasteiger partial charge is 0.416 e. The highest BCUT2D eigenvalue weighted by Crippen LogP contribution is 2.35. The van der Waals surface area contributed by atoms with Crippen molar-refractivity contribution >= 4 is 21.8 Å². The Hall–Kier alpha value is -2.97. The molecule has 0 atom stereocenters. The molecule has 2 N–H and O–H groups in total.